The number of rotatable bonds is 11. The minimum atomic E-state index is -0.0194. The number of benzene rings is 2. The summed E-state index contributed by atoms with van der Waals surface area (Å²) in [5.74, 6) is 2.00. The predicted octanol–water partition coefficient (Wildman–Crippen LogP) is 3.33. The highest BCUT2D eigenvalue weighted by molar-refractivity contribution is 5.64. The van der Waals surface area contributed by atoms with E-state index in [-0.39, 0.29) is 13.2 Å². The van der Waals surface area contributed by atoms with Crippen molar-refractivity contribution in [1.29, 1.82) is 0 Å². The van der Waals surface area contributed by atoms with Crippen molar-refractivity contribution in [3.05, 3.63) is 54.6 Å². The number of hydrogen-bond donors (Lipinski definition) is 1. The lowest BCUT2D eigenvalue weighted by Crippen LogP contribution is -2.07. The third-order valence-electron chi connectivity index (χ3n) is 4.20. The van der Waals surface area contributed by atoms with Crippen LogP contribution in [0.15, 0.2) is 54.6 Å². The van der Waals surface area contributed by atoms with Gasteiger partial charge in [0.15, 0.2) is 0 Å². The van der Waals surface area contributed by atoms with Crippen LogP contribution in [0.25, 0.3) is 16.9 Å². The molecule has 7 nitrogen and oxygen atoms in total. The summed E-state index contributed by atoms with van der Waals surface area (Å²) >= 11 is 0. The molecule has 0 saturated carbocycles. The molecule has 0 spiro atoms. The molecule has 0 aliphatic carbocycles. The smallest absolute Gasteiger partial charge is 0.233 e. The predicted molar refractivity (Wildman–Crippen MR) is 110 cm³/mol. The highest BCUT2D eigenvalue weighted by atomic mass is 16.5. The number of aromatic nitrogens is 2. The summed E-state index contributed by atoms with van der Waals surface area (Å²) in [7, 11) is 1.64. The van der Waals surface area contributed by atoms with Gasteiger partial charge in [-0.15, -0.1) is 5.10 Å². The molecule has 0 atom stereocenters. The van der Waals surface area contributed by atoms with Crippen molar-refractivity contribution in [3.63, 3.8) is 0 Å². The molecule has 0 saturated heterocycles. The van der Waals surface area contributed by atoms with Gasteiger partial charge >= 0.3 is 0 Å². The van der Waals surface area contributed by atoms with Crippen molar-refractivity contribution < 1.29 is 24.1 Å². The Morgan fingerprint density at radius 1 is 0.897 bits per heavy atom. The number of aliphatic hydroxyl groups excluding tert-OH is 1. The van der Waals surface area contributed by atoms with Gasteiger partial charge < -0.3 is 24.1 Å². The van der Waals surface area contributed by atoms with Crippen LogP contribution in [0, 0.1) is 0 Å². The standard InChI is InChI=1S/C22H26N2O5/c1-3-27-14-15-29-22-16-21(17-4-8-20(9-5-17)28-13-12-25)24(23-22)18-6-10-19(26-2)11-7-18/h4-11,16,25H,3,12-15H2,1-2H3. The Labute approximate surface area is 170 Å². The molecule has 0 fully saturated rings. The first-order valence-corrected chi connectivity index (χ1v) is 9.54. The molecule has 2 aromatic carbocycles. The summed E-state index contributed by atoms with van der Waals surface area (Å²) in [6.45, 7) is 3.79. The van der Waals surface area contributed by atoms with E-state index < -0.39 is 0 Å². The molecule has 0 radical (unpaired) electrons. The Morgan fingerprint density at radius 3 is 2.28 bits per heavy atom. The van der Waals surface area contributed by atoms with Crippen LogP contribution >= 0.6 is 0 Å². The van der Waals surface area contributed by atoms with Gasteiger partial charge in [0.2, 0.25) is 5.88 Å². The highest BCUT2D eigenvalue weighted by Crippen LogP contribution is 2.29. The molecule has 0 amide bonds. The first kappa shape index (κ1) is 20.7. The summed E-state index contributed by atoms with van der Waals surface area (Å²) in [5.41, 5.74) is 2.74. The zero-order valence-corrected chi connectivity index (χ0v) is 16.7. The van der Waals surface area contributed by atoms with Crippen LogP contribution in [0.2, 0.25) is 0 Å². The van der Waals surface area contributed by atoms with Crippen LogP contribution in [0.4, 0.5) is 0 Å². The zero-order valence-electron chi connectivity index (χ0n) is 16.7. The maximum atomic E-state index is 8.90. The third kappa shape index (κ3) is 5.49. The average Bonchev–Trinajstić information content (AvgIpc) is 3.20. The quantitative estimate of drug-likeness (QED) is 0.500. The minimum absolute atomic E-state index is 0.0194. The number of ether oxygens (including phenoxy) is 4. The molecule has 3 aromatic rings. The van der Waals surface area contributed by atoms with Crippen LogP contribution in [0.3, 0.4) is 0 Å². The van der Waals surface area contributed by atoms with E-state index >= 15 is 0 Å². The monoisotopic (exact) mass is 398 g/mol. The maximum Gasteiger partial charge on any atom is 0.233 e. The van der Waals surface area contributed by atoms with Crippen molar-refractivity contribution in [2.75, 3.05) is 40.1 Å². The van der Waals surface area contributed by atoms with E-state index in [4.69, 9.17) is 24.1 Å². The molecule has 1 N–H and O–H groups in total. The Bertz CT molecular complexity index is 875. The maximum absolute atomic E-state index is 8.90. The molecular formula is C22H26N2O5. The van der Waals surface area contributed by atoms with Crippen LogP contribution in [0.5, 0.6) is 17.4 Å². The number of aliphatic hydroxyl groups is 1. The topological polar surface area (TPSA) is 75.0 Å². The summed E-state index contributed by atoms with van der Waals surface area (Å²) in [6.07, 6.45) is 0. The minimum Gasteiger partial charge on any atom is -0.497 e. The van der Waals surface area contributed by atoms with Crippen molar-refractivity contribution in [3.8, 4) is 34.3 Å². The van der Waals surface area contributed by atoms with E-state index in [1.54, 1.807) is 7.11 Å². The Hall–Kier alpha value is -3.03. The summed E-state index contributed by atoms with van der Waals surface area (Å²) in [4.78, 5) is 0. The third-order valence-corrected chi connectivity index (χ3v) is 4.20. The first-order valence-electron chi connectivity index (χ1n) is 9.54. The van der Waals surface area contributed by atoms with Crippen LogP contribution in [0.1, 0.15) is 6.92 Å². The van der Waals surface area contributed by atoms with Crippen molar-refractivity contribution >= 4 is 0 Å². The van der Waals surface area contributed by atoms with Gasteiger partial charge in [-0.2, -0.15) is 0 Å². The molecule has 0 aliphatic rings. The molecule has 1 aromatic heterocycles. The highest BCUT2D eigenvalue weighted by Gasteiger charge is 2.13. The molecule has 0 aliphatic heterocycles. The van der Waals surface area contributed by atoms with Gasteiger partial charge in [0.25, 0.3) is 0 Å². The SMILES string of the molecule is CCOCCOc1cc(-c2ccc(OCCO)cc2)n(-c2ccc(OC)cc2)n1. The Morgan fingerprint density at radius 2 is 1.62 bits per heavy atom. The van der Waals surface area contributed by atoms with Crippen molar-refractivity contribution in [2.45, 2.75) is 6.92 Å². The normalized spacial score (nSPS) is 10.7. The molecule has 0 bridgehead atoms. The zero-order chi connectivity index (χ0) is 20.5. The van der Waals surface area contributed by atoms with Gasteiger partial charge in [0.1, 0.15) is 24.7 Å². The molecule has 7 heteroatoms. The van der Waals surface area contributed by atoms with E-state index in [1.165, 1.54) is 0 Å². The lowest BCUT2D eigenvalue weighted by atomic mass is 10.1. The molecule has 1 heterocycles. The van der Waals surface area contributed by atoms with Gasteiger partial charge in [0, 0.05) is 18.2 Å². The van der Waals surface area contributed by atoms with Gasteiger partial charge in [-0.25, -0.2) is 4.68 Å². The molecule has 29 heavy (non-hydrogen) atoms. The molecule has 3 rings (SSSR count). The van der Waals surface area contributed by atoms with Crippen LogP contribution < -0.4 is 14.2 Å². The largest absolute Gasteiger partial charge is 0.497 e. The Kier molecular flexibility index (Phi) is 7.49. The fraction of sp³-hybridized carbons (Fsp3) is 0.318. The number of hydrogen-bond acceptors (Lipinski definition) is 6. The average molecular weight is 398 g/mol. The Balaban J connectivity index is 1.89. The van der Waals surface area contributed by atoms with Gasteiger partial charge in [-0.1, -0.05) is 0 Å². The van der Waals surface area contributed by atoms with Crippen LogP contribution in [-0.2, 0) is 4.74 Å². The van der Waals surface area contributed by atoms with E-state index in [0.29, 0.717) is 31.5 Å². The second-order valence-electron chi connectivity index (χ2n) is 6.12. The molecular weight excluding hydrogens is 372 g/mol. The van der Waals surface area contributed by atoms with Crippen molar-refractivity contribution in [1.82, 2.24) is 9.78 Å². The number of methoxy groups -OCH3 is 1. The summed E-state index contributed by atoms with van der Waals surface area (Å²) < 4.78 is 23.6. The van der Waals surface area contributed by atoms with Gasteiger partial charge in [-0.05, 0) is 55.5 Å². The first-order chi connectivity index (χ1) is 14.2. The van der Waals surface area contributed by atoms with E-state index in [2.05, 4.69) is 5.10 Å². The lowest BCUT2D eigenvalue weighted by molar-refractivity contribution is 0.108. The lowest BCUT2D eigenvalue weighted by Gasteiger charge is -2.09. The summed E-state index contributed by atoms with van der Waals surface area (Å²) in [6, 6.07) is 17.2. The van der Waals surface area contributed by atoms with E-state index in [0.717, 1.165) is 22.7 Å². The molecule has 154 valence electrons. The van der Waals surface area contributed by atoms with Gasteiger partial charge in [0.05, 0.1) is 31.7 Å². The fourth-order valence-electron chi connectivity index (χ4n) is 2.79. The second-order valence-corrected chi connectivity index (χ2v) is 6.12. The van der Waals surface area contributed by atoms with Crippen molar-refractivity contribution in [2.24, 2.45) is 0 Å². The second kappa shape index (κ2) is 10.5. The number of nitrogens with zero attached hydrogens (tertiary/aromatic N) is 2. The molecule has 0 unspecified atom stereocenters. The van der Waals surface area contributed by atoms with E-state index in [1.807, 2.05) is 66.2 Å². The van der Waals surface area contributed by atoms with Gasteiger partial charge in [-0.3, -0.25) is 0 Å². The van der Waals surface area contributed by atoms with E-state index in [9.17, 15) is 0 Å². The fourth-order valence-corrected chi connectivity index (χ4v) is 2.79. The summed E-state index contributed by atoms with van der Waals surface area (Å²) in [5, 5.41) is 13.5. The van der Waals surface area contributed by atoms with Crippen LogP contribution in [-0.4, -0.2) is 55.0 Å².